The number of hydrogen-bond donors (Lipinski definition) is 1. The number of hydrogen-bond acceptors (Lipinski definition) is 3. The van der Waals surface area contributed by atoms with Crippen LogP contribution in [0.3, 0.4) is 0 Å². The number of carbonyl (C=O) groups excluding carboxylic acids is 1. The van der Waals surface area contributed by atoms with E-state index in [0.29, 0.717) is 5.52 Å². The lowest BCUT2D eigenvalue weighted by Crippen LogP contribution is -2.23. The SMILES string of the molecule is CC(Sc1nc2ccccc2n1C(F)F)C(=O)Nc1ccc(Cl)cc1F. The molecule has 0 radical (unpaired) electrons. The van der Waals surface area contributed by atoms with Crippen LogP contribution in [0.5, 0.6) is 0 Å². The molecule has 0 spiro atoms. The van der Waals surface area contributed by atoms with E-state index in [9.17, 15) is 18.0 Å². The number of rotatable bonds is 5. The van der Waals surface area contributed by atoms with Gasteiger partial charge in [-0.2, -0.15) is 8.78 Å². The summed E-state index contributed by atoms with van der Waals surface area (Å²) in [5, 5.41) is 1.86. The van der Waals surface area contributed by atoms with Crippen LogP contribution >= 0.6 is 23.4 Å². The number of fused-ring (bicyclic) bond motifs is 1. The second-order valence-corrected chi connectivity index (χ2v) is 7.15. The third-order valence-corrected chi connectivity index (χ3v) is 4.90. The molecular formula is C17H13ClF3N3OS. The van der Waals surface area contributed by atoms with Crippen LogP contribution in [-0.4, -0.2) is 20.7 Å². The van der Waals surface area contributed by atoms with E-state index < -0.39 is 23.5 Å². The second kappa shape index (κ2) is 7.59. The monoisotopic (exact) mass is 399 g/mol. The first-order valence-electron chi connectivity index (χ1n) is 7.54. The maximum absolute atomic E-state index is 13.8. The van der Waals surface area contributed by atoms with Gasteiger partial charge in [0.15, 0.2) is 5.16 Å². The maximum atomic E-state index is 13.8. The summed E-state index contributed by atoms with van der Waals surface area (Å²) >= 11 is 6.54. The summed E-state index contributed by atoms with van der Waals surface area (Å²) in [4.78, 5) is 16.5. The molecule has 0 fully saturated rings. The highest BCUT2D eigenvalue weighted by Gasteiger charge is 2.23. The summed E-state index contributed by atoms with van der Waals surface area (Å²) in [6, 6.07) is 10.3. The van der Waals surface area contributed by atoms with Crippen LogP contribution in [0, 0.1) is 5.82 Å². The zero-order chi connectivity index (χ0) is 18.8. The highest BCUT2D eigenvalue weighted by Crippen LogP contribution is 2.32. The van der Waals surface area contributed by atoms with Gasteiger partial charge in [0.05, 0.1) is 22.0 Å². The molecule has 3 aromatic rings. The maximum Gasteiger partial charge on any atom is 0.321 e. The van der Waals surface area contributed by atoms with Crippen molar-refractivity contribution in [1.82, 2.24) is 9.55 Å². The summed E-state index contributed by atoms with van der Waals surface area (Å²) in [5.41, 5.74) is 0.655. The normalized spacial score (nSPS) is 12.5. The number of alkyl halides is 2. The van der Waals surface area contributed by atoms with Crippen molar-refractivity contribution >= 4 is 46.0 Å². The minimum absolute atomic E-state index is 0.0143. The number of nitrogens with zero attached hydrogens (tertiary/aromatic N) is 2. The molecule has 26 heavy (non-hydrogen) atoms. The highest BCUT2D eigenvalue weighted by molar-refractivity contribution is 8.00. The third-order valence-electron chi connectivity index (χ3n) is 3.60. The van der Waals surface area contributed by atoms with Crippen molar-refractivity contribution in [2.45, 2.75) is 23.9 Å². The largest absolute Gasteiger partial charge is 0.323 e. The number of benzene rings is 2. The van der Waals surface area contributed by atoms with Crippen LogP contribution < -0.4 is 5.32 Å². The van der Waals surface area contributed by atoms with Crippen molar-refractivity contribution in [3.05, 3.63) is 53.3 Å². The molecule has 1 N–H and O–H groups in total. The van der Waals surface area contributed by atoms with E-state index in [1.807, 2.05) is 0 Å². The molecule has 1 unspecified atom stereocenters. The van der Waals surface area contributed by atoms with Crippen molar-refractivity contribution in [2.75, 3.05) is 5.32 Å². The van der Waals surface area contributed by atoms with Crippen LogP contribution in [0.15, 0.2) is 47.6 Å². The Morgan fingerprint density at radius 1 is 1.27 bits per heavy atom. The van der Waals surface area contributed by atoms with Crippen LogP contribution in [0.25, 0.3) is 11.0 Å². The first kappa shape index (κ1) is 18.6. The number of amides is 1. The van der Waals surface area contributed by atoms with Gasteiger partial charge in [-0.1, -0.05) is 35.5 Å². The fraction of sp³-hybridized carbons (Fsp3) is 0.176. The van der Waals surface area contributed by atoms with Gasteiger partial charge in [-0.15, -0.1) is 0 Å². The summed E-state index contributed by atoms with van der Waals surface area (Å²) < 4.78 is 41.4. The Morgan fingerprint density at radius 2 is 2.00 bits per heavy atom. The molecule has 3 rings (SSSR count). The molecule has 0 bridgehead atoms. The predicted molar refractivity (Wildman–Crippen MR) is 96.3 cm³/mol. The standard InChI is InChI=1S/C17H13ClF3N3OS/c1-9(15(25)22-12-7-6-10(18)8-11(12)19)26-17-23-13-4-2-3-5-14(13)24(17)16(20)21/h2-9,16H,1H3,(H,22,25). The number of halogens is 4. The lowest BCUT2D eigenvalue weighted by atomic mass is 10.3. The molecular weight excluding hydrogens is 387 g/mol. The van der Waals surface area contributed by atoms with E-state index >= 15 is 0 Å². The van der Waals surface area contributed by atoms with E-state index in [4.69, 9.17) is 11.6 Å². The average molecular weight is 400 g/mol. The third kappa shape index (κ3) is 3.81. The van der Waals surface area contributed by atoms with E-state index in [1.165, 1.54) is 25.1 Å². The fourth-order valence-corrected chi connectivity index (χ4v) is 3.41. The molecule has 0 saturated heterocycles. The molecule has 9 heteroatoms. The van der Waals surface area contributed by atoms with Crippen molar-refractivity contribution in [1.29, 1.82) is 0 Å². The quantitative estimate of drug-likeness (QED) is 0.589. The number of nitrogens with one attached hydrogen (secondary N) is 1. The van der Waals surface area contributed by atoms with Crippen molar-refractivity contribution in [3.63, 3.8) is 0 Å². The highest BCUT2D eigenvalue weighted by atomic mass is 35.5. The Balaban J connectivity index is 1.81. The van der Waals surface area contributed by atoms with Crippen molar-refractivity contribution in [3.8, 4) is 0 Å². The summed E-state index contributed by atoms with van der Waals surface area (Å²) in [7, 11) is 0. The van der Waals surface area contributed by atoms with Gasteiger partial charge in [-0.3, -0.25) is 9.36 Å². The molecule has 136 valence electrons. The summed E-state index contributed by atoms with van der Waals surface area (Å²) in [6.07, 6.45) is 0. The van der Waals surface area contributed by atoms with E-state index in [-0.39, 0.29) is 21.4 Å². The number of thioether (sulfide) groups is 1. The zero-order valence-corrected chi connectivity index (χ0v) is 15.0. The van der Waals surface area contributed by atoms with Crippen LogP contribution in [0.1, 0.15) is 13.5 Å². The number of para-hydroxylation sites is 2. The minimum atomic E-state index is -2.80. The van der Waals surface area contributed by atoms with Crippen LogP contribution in [-0.2, 0) is 4.79 Å². The van der Waals surface area contributed by atoms with Gasteiger partial charge in [0, 0.05) is 5.02 Å². The van der Waals surface area contributed by atoms with Crippen LogP contribution in [0.4, 0.5) is 18.9 Å². The molecule has 1 aromatic heterocycles. The molecule has 4 nitrogen and oxygen atoms in total. The first-order chi connectivity index (χ1) is 12.4. The molecule has 0 aliphatic rings. The molecule has 2 aromatic carbocycles. The number of carbonyl (C=O) groups is 1. The van der Waals surface area contributed by atoms with E-state index in [0.717, 1.165) is 22.4 Å². The molecule has 0 aliphatic heterocycles. The molecule has 1 atom stereocenters. The number of anilines is 1. The predicted octanol–water partition coefficient (Wildman–Crippen LogP) is 5.34. The lowest BCUT2D eigenvalue weighted by molar-refractivity contribution is -0.115. The Labute approximate surface area is 156 Å². The van der Waals surface area contributed by atoms with Gasteiger partial charge in [-0.25, -0.2) is 9.37 Å². The Kier molecular flexibility index (Phi) is 5.43. The number of imidazole rings is 1. The van der Waals surface area contributed by atoms with E-state index in [1.54, 1.807) is 18.2 Å². The Morgan fingerprint density at radius 3 is 2.69 bits per heavy atom. The van der Waals surface area contributed by atoms with Crippen molar-refractivity contribution < 1.29 is 18.0 Å². The smallest absolute Gasteiger partial charge is 0.321 e. The first-order valence-corrected chi connectivity index (χ1v) is 8.80. The van der Waals surface area contributed by atoms with Gasteiger partial charge in [-0.05, 0) is 37.3 Å². The van der Waals surface area contributed by atoms with Crippen LogP contribution in [0.2, 0.25) is 5.02 Å². The lowest BCUT2D eigenvalue weighted by Gasteiger charge is -2.13. The van der Waals surface area contributed by atoms with Gasteiger partial charge < -0.3 is 5.32 Å². The van der Waals surface area contributed by atoms with Gasteiger partial charge >= 0.3 is 6.55 Å². The Hall–Kier alpha value is -2.19. The van der Waals surface area contributed by atoms with E-state index in [2.05, 4.69) is 10.3 Å². The topological polar surface area (TPSA) is 46.9 Å². The summed E-state index contributed by atoms with van der Waals surface area (Å²) in [5.74, 6) is -1.22. The summed E-state index contributed by atoms with van der Waals surface area (Å²) in [6.45, 7) is -1.27. The fourth-order valence-electron chi connectivity index (χ4n) is 2.33. The zero-order valence-electron chi connectivity index (χ0n) is 13.4. The minimum Gasteiger partial charge on any atom is -0.323 e. The second-order valence-electron chi connectivity index (χ2n) is 5.40. The van der Waals surface area contributed by atoms with Gasteiger partial charge in [0.2, 0.25) is 5.91 Å². The Bertz CT molecular complexity index is 964. The molecule has 0 aliphatic carbocycles. The molecule has 1 amide bonds. The molecule has 0 saturated carbocycles. The average Bonchev–Trinajstić information content (AvgIpc) is 2.95. The van der Waals surface area contributed by atoms with Gasteiger partial charge in [0.25, 0.3) is 0 Å². The van der Waals surface area contributed by atoms with Crippen molar-refractivity contribution in [2.24, 2.45) is 0 Å². The number of aromatic nitrogens is 2. The molecule has 1 heterocycles. The van der Waals surface area contributed by atoms with Gasteiger partial charge in [0.1, 0.15) is 5.82 Å².